The highest BCUT2D eigenvalue weighted by atomic mass is 35.6. The standard InChI is InChI=1S/C12H6Cl3NO2S2/c13-12(14,15)6-8-10(18)16(11(19)20-8)9(17)7-4-2-1-3-5-7/h1-6H. The predicted molar refractivity (Wildman–Crippen MR) is 86.2 cm³/mol. The molecule has 0 saturated carbocycles. The number of imide groups is 1. The second-order valence-electron chi connectivity index (χ2n) is 3.73. The van der Waals surface area contributed by atoms with Crippen molar-refractivity contribution in [2.75, 3.05) is 0 Å². The number of thiocarbonyl (C=S) groups is 1. The van der Waals surface area contributed by atoms with Gasteiger partial charge in [-0.1, -0.05) is 77.0 Å². The van der Waals surface area contributed by atoms with Crippen molar-refractivity contribution in [1.29, 1.82) is 0 Å². The zero-order valence-electron chi connectivity index (χ0n) is 9.68. The SMILES string of the molecule is O=C1C(=CC(Cl)(Cl)Cl)SC(=S)N1C(=O)c1ccccc1. The van der Waals surface area contributed by atoms with E-state index in [1.54, 1.807) is 30.3 Å². The van der Waals surface area contributed by atoms with Gasteiger partial charge < -0.3 is 0 Å². The van der Waals surface area contributed by atoms with E-state index in [1.807, 2.05) is 0 Å². The number of carbonyl (C=O) groups excluding carboxylic acids is 2. The van der Waals surface area contributed by atoms with Crippen molar-refractivity contribution in [3.05, 3.63) is 46.9 Å². The van der Waals surface area contributed by atoms with E-state index >= 15 is 0 Å². The highest BCUT2D eigenvalue weighted by Gasteiger charge is 2.38. The van der Waals surface area contributed by atoms with Crippen LogP contribution in [0.25, 0.3) is 0 Å². The minimum absolute atomic E-state index is 0.115. The van der Waals surface area contributed by atoms with Crippen molar-refractivity contribution in [1.82, 2.24) is 4.90 Å². The normalized spacial score (nSPS) is 17.9. The molecule has 1 aliphatic heterocycles. The Morgan fingerprint density at radius 2 is 1.85 bits per heavy atom. The fourth-order valence-corrected chi connectivity index (χ4v) is 3.32. The molecule has 0 bridgehead atoms. The number of halogens is 3. The third kappa shape index (κ3) is 3.54. The van der Waals surface area contributed by atoms with E-state index in [-0.39, 0.29) is 9.23 Å². The Morgan fingerprint density at radius 1 is 1.25 bits per heavy atom. The summed E-state index contributed by atoms with van der Waals surface area (Å²) in [4.78, 5) is 25.4. The summed E-state index contributed by atoms with van der Waals surface area (Å²) in [5, 5.41) is 0. The number of hydrogen-bond donors (Lipinski definition) is 0. The van der Waals surface area contributed by atoms with Crippen LogP contribution in [0.5, 0.6) is 0 Å². The fourth-order valence-electron chi connectivity index (χ4n) is 1.50. The van der Waals surface area contributed by atoms with Gasteiger partial charge in [0.1, 0.15) is 0 Å². The summed E-state index contributed by atoms with van der Waals surface area (Å²) < 4.78 is -1.61. The van der Waals surface area contributed by atoms with E-state index in [9.17, 15) is 9.59 Å². The van der Waals surface area contributed by atoms with Crippen molar-refractivity contribution < 1.29 is 9.59 Å². The molecule has 1 saturated heterocycles. The highest BCUT2D eigenvalue weighted by Crippen LogP contribution is 2.37. The van der Waals surface area contributed by atoms with Crippen LogP contribution in [0.4, 0.5) is 0 Å². The van der Waals surface area contributed by atoms with Gasteiger partial charge in [0.25, 0.3) is 11.8 Å². The molecule has 3 nitrogen and oxygen atoms in total. The van der Waals surface area contributed by atoms with Crippen LogP contribution in [0, 0.1) is 0 Å². The fraction of sp³-hybridized carbons (Fsp3) is 0.0833. The molecule has 8 heteroatoms. The maximum Gasteiger partial charge on any atom is 0.273 e. The zero-order chi connectivity index (χ0) is 14.9. The molecule has 0 aliphatic carbocycles. The van der Waals surface area contributed by atoms with Crippen molar-refractivity contribution >= 4 is 74.9 Å². The minimum Gasteiger partial charge on any atom is -0.268 e. The van der Waals surface area contributed by atoms with Gasteiger partial charge >= 0.3 is 0 Å². The maximum absolute atomic E-state index is 12.3. The van der Waals surface area contributed by atoms with Gasteiger partial charge in [-0.25, -0.2) is 4.90 Å². The molecule has 20 heavy (non-hydrogen) atoms. The number of alkyl halides is 3. The third-order valence-corrected chi connectivity index (χ3v) is 3.94. The first-order valence-corrected chi connectivity index (χ1v) is 7.61. The summed E-state index contributed by atoms with van der Waals surface area (Å²) in [7, 11) is 0. The summed E-state index contributed by atoms with van der Waals surface area (Å²) in [6, 6.07) is 8.35. The zero-order valence-corrected chi connectivity index (χ0v) is 13.6. The van der Waals surface area contributed by atoms with Gasteiger partial charge in [0.05, 0.1) is 4.91 Å². The lowest BCUT2D eigenvalue weighted by atomic mass is 10.2. The predicted octanol–water partition coefficient (Wildman–Crippen LogP) is 3.94. The van der Waals surface area contributed by atoms with E-state index in [0.717, 1.165) is 22.7 Å². The van der Waals surface area contributed by atoms with Crippen LogP contribution < -0.4 is 0 Å². The molecule has 0 unspecified atom stereocenters. The number of benzene rings is 1. The molecule has 0 atom stereocenters. The average Bonchev–Trinajstić information content (AvgIpc) is 2.63. The molecule has 1 aliphatic rings. The molecule has 2 rings (SSSR count). The van der Waals surface area contributed by atoms with Gasteiger partial charge in [-0.05, 0) is 18.2 Å². The van der Waals surface area contributed by atoms with E-state index < -0.39 is 15.6 Å². The first-order chi connectivity index (χ1) is 9.29. The highest BCUT2D eigenvalue weighted by molar-refractivity contribution is 8.26. The van der Waals surface area contributed by atoms with Crippen LogP contribution in [0.2, 0.25) is 0 Å². The number of hydrogen-bond acceptors (Lipinski definition) is 4. The largest absolute Gasteiger partial charge is 0.273 e. The number of nitrogens with zero attached hydrogens (tertiary/aromatic N) is 1. The van der Waals surface area contributed by atoms with Crippen molar-refractivity contribution in [2.24, 2.45) is 0 Å². The van der Waals surface area contributed by atoms with Gasteiger partial charge in [0, 0.05) is 5.56 Å². The second kappa shape index (κ2) is 6.03. The quantitative estimate of drug-likeness (QED) is 0.326. The second-order valence-corrected chi connectivity index (χ2v) is 7.77. The van der Waals surface area contributed by atoms with Crippen LogP contribution >= 0.6 is 58.8 Å². The molecular formula is C12H6Cl3NO2S2. The lowest BCUT2D eigenvalue weighted by Crippen LogP contribution is -2.34. The monoisotopic (exact) mass is 365 g/mol. The molecule has 1 aromatic carbocycles. The van der Waals surface area contributed by atoms with Gasteiger partial charge in [-0.15, -0.1) is 0 Å². The minimum atomic E-state index is -1.72. The number of thioether (sulfide) groups is 1. The van der Waals surface area contributed by atoms with Crippen molar-refractivity contribution in [3.63, 3.8) is 0 Å². The molecule has 0 aromatic heterocycles. The van der Waals surface area contributed by atoms with Crippen molar-refractivity contribution in [2.45, 2.75) is 3.79 Å². The summed E-state index contributed by atoms with van der Waals surface area (Å²) in [5.74, 6) is -1.08. The number of rotatable bonds is 1. The first-order valence-electron chi connectivity index (χ1n) is 5.25. The molecule has 1 aromatic rings. The summed E-state index contributed by atoms with van der Waals surface area (Å²) in [6.45, 7) is 0. The van der Waals surface area contributed by atoms with Gasteiger partial charge in [0.2, 0.25) is 3.79 Å². The third-order valence-electron chi connectivity index (χ3n) is 2.31. The Labute approximate surface area is 139 Å². The first kappa shape index (κ1) is 15.8. The average molecular weight is 367 g/mol. The Bertz CT molecular complexity index is 611. The number of amides is 2. The lowest BCUT2D eigenvalue weighted by molar-refractivity contribution is -0.120. The Morgan fingerprint density at radius 3 is 2.40 bits per heavy atom. The summed E-state index contributed by atoms with van der Waals surface area (Å²) in [6.07, 6.45) is 1.15. The Balaban J connectivity index is 2.31. The maximum atomic E-state index is 12.3. The molecular weight excluding hydrogens is 361 g/mol. The number of carbonyl (C=O) groups is 2. The molecule has 0 spiro atoms. The van der Waals surface area contributed by atoms with Crippen LogP contribution in [-0.2, 0) is 4.79 Å². The molecule has 104 valence electrons. The van der Waals surface area contributed by atoms with E-state index in [1.165, 1.54) is 0 Å². The topological polar surface area (TPSA) is 37.4 Å². The Hall–Kier alpha value is -0.590. The van der Waals surface area contributed by atoms with Crippen LogP contribution in [0.3, 0.4) is 0 Å². The summed E-state index contributed by atoms with van der Waals surface area (Å²) >= 11 is 22.8. The molecule has 0 N–H and O–H groups in total. The van der Waals surface area contributed by atoms with Crippen molar-refractivity contribution in [3.8, 4) is 0 Å². The van der Waals surface area contributed by atoms with E-state index in [0.29, 0.717) is 5.56 Å². The van der Waals surface area contributed by atoms with E-state index in [2.05, 4.69) is 0 Å². The molecule has 2 amide bonds. The van der Waals surface area contributed by atoms with Crippen LogP contribution in [0.15, 0.2) is 41.3 Å². The van der Waals surface area contributed by atoms with Gasteiger partial charge in [0.15, 0.2) is 4.32 Å². The van der Waals surface area contributed by atoms with E-state index in [4.69, 9.17) is 47.0 Å². The summed E-state index contributed by atoms with van der Waals surface area (Å²) in [5.41, 5.74) is 0.360. The lowest BCUT2D eigenvalue weighted by Gasteiger charge is -2.12. The molecule has 1 fully saturated rings. The Kier molecular flexibility index (Phi) is 4.76. The number of allylic oxidation sites excluding steroid dienone is 1. The van der Waals surface area contributed by atoms with Crippen LogP contribution in [0.1, 0.15) is 10.4 Å². The van der Waals surface area contributed by atoms with Gasteiger partial charge in [-0.3, -0.25) is 9.59 Å². The van der Waals surface area contributed by atoms with Crippen LogP contribution in [-0.4, -0.2) is 24.8 Å². The smallest absolute Gasteiger partial charge is 0.268 e. The molecule has 0 radical (unpaired) electrons. The van der Waals surface area contributed by atoms with Gasteiger partial charge in [-0.2, -0.15) is 0 Å². The molecule has 1 heterocycles.